The van der Waals surface area contributed by atoms with Crippen LogP contribution in [0.4, 0.5) is 0 Å². The van der Waals surface area contributed by atoms with Gasteiger partial charge in [-0.2, -0.15) is 0 Å². The lowest BCUT2D eigenvalue weighted by Crippen LogP contribution is -2.29. The highest BCUT2D eigenvalue weighted by molar-refractivity contribution is 5.17. The molecule has 1 heteroatoms. The van der Waals surface area contributed by atoms with Crippen LogP contribution in [-0.4, -0.2) is 11.2 Å². The van der Waals surface area contributed by atoms with Gasteiger partial charge in [0.15, 0.2) is 5.41 Å². The molecule has 38 valence electrons. The Kier molecular flexibility index (Phi) is 0.447. The summed E-state index contributed by atoms with van der Waals surface area (Å²) >= 11 is 0. The van der Waals surface area contributed by atoms with Crippen LogP contribution in [0.15, 0.2) is 0 Å². The minimum Gasteiger partial charge on any atom is -0.393 e. The predicted octanol–water partition coefficient (Wildman–Crippen LogP) is 0.735. The van der Waals surface area contributed by atoms with Crippen LogP contribution in [0.3, 0.4) is 0 Å². The normalized spacial score (nSPS) is 55.9. The molecule has 0 aromatic rings. The van der Waals surface area contributed by atoms with Gasteiger partial charge in [0, 0.05) is 12.8 Å². The minimum atomic E-state index is 0.0405. The zero-order chi connectivity index (χ0) is 4.91. The van der Waals surface area contributed by atoms with E-state index in [-0.39, 0.29) is 6.10 Å². The molecule has 0 aliphatic heterocycles. The van der Waals surface area contributed by atoms with E-state index in [1.165, 1.54) is 6.42 Å². The Hall–Kier alpha value is -0.170. The van der Waals surface area contributed by atoms with E-state index >= 15 is 0 Å². The third kappa shape index (κ3) is 0.389. The molecule has 2 aliphatic carbocycles. The molecule has 0 heterocycles. The van der Waals surface area contributed by atoms with E-state index in [9.17, 15) is 0 Å². The quantitative estimate of drug-likeness (QED) is 0.442. The lowest BCUT2D eigenvalue weighted by Gasteiger charge is -2.23. The average molecular weight is 97.1 g/mol. The van der Waals surface area contributed by atoms with Crippen molar-refractivity contribution in [1.82, 2.24) is 0 Å². The topological polar surface area (TPSA) is 20.2 Å². The van der Waals surface area contributed by atoms with Crippen molar-refractivity contribution in [3.05, 3.63) is 6.42 Å². The number of hydrogen-bond acceptors (Lipinski definition) is 1. The van der Waals surface area contributed by atoms with Gasteiger partial charge in [-0.1, -0.05) is 0 Å². The number of aliphatic hydroxyl groups excluding tert-OH is 1. The molecule has 2 rings (SSSR count). The van der Waals surface area contributed by atoms with Gasteiger partial charge >= 0.3 is 0 Å². The van der Waals surface area contributed by atoms with Crippen molar-refractivity contribution < 1.29 is 5.11 Å². The Morgan fingerprint density at radius 3 is 2.29 bits per heavy atom. The van der Waals surface area contributed by atoms with Crippen molar-refractivity contribution in [2.24, 2.45) is 5.41 Å². The van der Waals surface area contributed by atoms with E-state index in [1.807, 2.05) is 0 Å². The van der Waals surface area contributed by atoms with Gasteiger partial charge in [0.05, 0.1) is 12.5 Å². The SMILES string of the molecule is OC1CC2([CH+]C2)C1. The summed E-state index contributed by atoms with van der Waals surface area (Å²) in [4.78, 5) is 0. The summed E-state index contributed by atoms with van der Waals surface area (Å²) < 4.78 is 0. The predicted molar refractivity (Wildman–Crippen MR) is 26.6 cm³/mol. The molecule has 2 aliphatic rings. The molecule has 2 saturated carbocycles. The summed E-state index contributed by atoms with van der Waals surface area (Å²) in [6.07, 6.45) is 5.71. The monoisotopic (exact) mass is 97.1 g/mol. The van der Waals surface area contributed by atoms with Gasteiger partial charge in [0.25, 0.3) is 0 Å². The summed E-state index contributed by atoms with van der Waals surface area (Å²) in [5.74, 6) is 0. The molecule has 0 radical (unpaired) electrons. The van der Waals surface area contributed by atoms with Crippen molar-refractivity contribution >= 4 is 0 Å². The summed E-state index contributed by atoms with van der Waals surface area (Å²) in [7, 11) is 0. The smallest absolute Gasteiger partial charge is 0.153 e. The summed E-state index contributed by atoms with van der Waals surface area (Å²) in [5.41, 5.74) is 0.569. The van der Waals surface area contributed by atoms with Crippen LogP contribution >= 0.6 is 0 Å². The molecule has 7 heavy (non-hydrogen) atoms. The van der Waals surface area contributed by atoms with E-state index in [2.05, 4.69) is 6.42 Å². The van der Waals surface area contributed by atoms with Gasteiger partial charge in [0.2, 0.25) is 0 Å². The van der Waals surface area contributed by atoms with Crippen molar-refractivity contribution in [2.45, 2.75) is 25.4 Å². The molecule has 2 fully saturated rings. The van der Waals surface area contributed by atoms with Crippen LogP contribution in [0, 0.1) is 11.8 Å². The molecule has 0 amide bonds. The van der Waals surface area contributed by atoms with Gasteiger partial charge in [-0.25, -0.2) is 0 Å². The molecular formula is C6H9O+. The number of hydrogen-bond donors (Lipinski definition) is 1. The first-order chi connectivity index (χ1) is 3.31. The van der Waals surface area contributed by atoms with Crippen LogP contribution in [-0.2, 0) is 0 Å². The molecule has 1 N–H and O–H groups in total. The number of aliphatic hydroxyl groups is 1. The zero-order valence-corrected chi connectivity index (χ0v) is 4.22. The van der Waals surface area contributed by atoms with Crippen LogP contribution in [0.2, 0.25) is 0 Å². The van der Waals surface area contributed by atoms with E-state index in [4.69, 9.17) is 5.11 Å². The summed E-state index contributed by atoms with van der Waals surface area (Å²) in [6.45, 7) is 0. The van der Waals surface area contributed by atoms with Gasteiger partial charge in [-0.3, -0.25) is 0 Å². The maximum atomic E-state index is 8.80. The largest absolute Gasteiger partial charge is 0.393 e. The van der Waals surface area contributed by atoms with Gasteiger partial charge < -0.3 is 5.11 Å². The van der Waals surface area contributed by atoms with Crippen LogP contribution in [0.25, 0.3) is 0 Å². The van der Waals surface area contributed by atoms with Crippen molar-refractivity contribution in [3.63, 3.8) is 0 Å². The molecule has 1 spiro atoms. The third-order valence-corrected chi connectivity index (χ3v) is 2.07. The highest BCUT2D eigenvalue weighted by Crippen LogP contribution is 2.59. The summed E-state index contributed by atoms with van der Waals surface area (Å²) in [5, 5.41) is 8.80. The molecular weight excluding hydrogens is 88.1 g/mol. The second-order valence-corrected chi connectivity index (χ2v) is 2.83. The fourth-order valence-corrected chi connectivity index (χ4v) is 1.36. The van der Waals surface area contributed by atoms with Crippen LogP contribution < -0.4 is 0 Å². The third-order valence-electron chi connectivity index (χ3n) is 2.07. The standard InChI is InChI=1S/C6H9O/c7-5-3-6(4-5)1-2-6/h1,5,7H,2-4H2/q+1. The Labute approximate surface area is 43.3 Å². The zero-order valence-electron chi connectivity index (χ0n) is 4.22. The molecule has 1 nitrogen and oxygen atoms in total. The molecule has 0 aromatic heterocycles. The highest BCUT2D eigenvalue weighted by atomic mass is 16.3. The van der Waals surface area contributed by atoms with Gasteiger partial charge in [-0.05, 0) is 0 Å². The van der Waals surface area contributed by atoms with Crippen molar-refractivity contribution in [2.75, 3.05) is 0 Å². The van der Waals surface area contributed by atoms with Gasteiger partial charge in [-0.15, -0.1) is 0 Å². The van der Waals surface area contributed by atoms with Crippen molar-refractivity contribution in [3.8, 4) is 0 Å². The fourth-order valence-electron chi connectivity index (χ4n) is 1.36. The second kappa shape index (κ2) is 0.826. The first-order valence-electron chi connectivity index (χ1n) is 2.83. The maximum absolute atomic E-state index is 8.80. The first-order valence-corrected chi connectivity index (χ1v) is 2.83. The molecule has 0 saturated heterocycles. The van der Waals surface area contributed by atoms with Crippen LogP contribution in [0.1, 0.15) is 19.3 Å². The van der Waals surface area contributed by atoms with E-state index in [0.29, 0.717) is 5.41 Å². The summed E-state index contributed by atoms with van der Waals surface area (Å²) in [6, 6.07) is 0. The van der Waals surface area contributed by atoms with E-state index < -0.39 is 0 Å². The number of rotatable bonds is 0. The Morgan fingerprint density at radius 1 is 1.57 bits per heavy atom. The second-order valence-electron chi connectivity index (χ2n) is 2.83. The highest BCUT2D eigenvalue weighted by Gasteiger charge is 2.64. The first kappa shape index (κ1) is 3.79. The average Bonchev–Trinajstić information content (AvgIpc) is 2.14. The minimum absolute atomic E-state index is 0.0405. The molecule has 0 aromatic carbocycles. The van der Waals surface area contributed by atoms with E-state index in [1.54, 1.807) is 0 Å². The van der Waals surface area contributed by atoms with Gasteiger partial charge in [0.1, 0.15) is 6.42 Å². The Balaban J connectivity index is 1.97. The fraction of sp³-hybridized carbons (Fsp3) is 0.833. The molecule has 0 atom stereocenters. The Bertz CT molecular complexity index is 86.4. The molecule has 0 unspecified atom stereocenters. The van der Waals surface area contributed by atoms with Crippen molar-refractivity contribution in [1.29, 1.82) is 0 Å². The molecule has 0 bridgehead atoms. The lowest BCUT2D eigenvalue weighted by molar-refractivity contribution is 0.0354. The Morgan fingerprint density at radius 2 is 2.14 bits per heavy atom. The van der Waals surface area contributed by atoms with E-state index in [0.717, 1.165) is 12.8 Å². The van der Waals surface area contributed by atoms with Crippen LogP contribution in [0.5, 0.6) is 0 Å². The maximum Gasteiger partial charge on any atom is 0.153 e. The lowest BCUT2D eigenvalue weighted by atomic mass is 9.79.